The van der Waals surface area contributed by atoms with Crippen LogP contribution in [0.2, 0.25) is 0 Å². The van der Waals surface area contributed by atoms with Gasteiger partial charge in [-0.3, -0.25) is 0 Å². The van der Waals surface area contributed by atoms with Gasteiger partial charge >= 0.3 is 0 Å². The Hall–Kier alpha value is -6.48. The summed E-state index contributed by atoms with van der Waals surface area (Å²) in [7, 11) is 0. The number of anilines is 3. The van der Waals surface area contributed by atoms with Crippen LogP contribution < -0.4 is 4.90 Å². The zero-order valence-electron chi connectivity index (χ0n) is 28.4. The van der Waals surface area contributed by atoms with Gasteiger partial charge in [-0.25, -0.2) is 0 Å². The lowest BCUT2D eigenvalue weighted by atomic mass is 9.97. The first-order valence-corrected chi connectivity index (χ1v) is 18.6. The largest absolute Gasteiger partial charge is 0.310 e. The van der Waals surface area contributed by atoms with Crippen LogP contribution in [-0.2, 0) is 0 Å². The van der Waals surface area contributed by atoms with Gasteiger partial charge in [0.25, 0.3) is 0 Å². The zero-order valence-corrected chi connectivity index (χ0v) is 29.2. The summed E-state index contributed by atoms with van der Waals surface area (Å²) >= 11 is 1.86. The molecule has 0 aliphatic heterocycles. The van der Waals surface area contributed by atoms with Gasteiger partial charge in [-0.05, 0) is 97.9 Å². The van der Waals surface area contributed by atoms with Crippen molar-refractivity contribution in [3.05, 3.63) is 200 Å². The Morgan fingerprint density at radius 1 is 0.308 bits per heavy atom. The lowest BCUT2D eigenvalue weighted by molar-refractivity contribution is 1.28. The molecular formula is C50H33NS. The van der Waals surface area contributed by atoms with E-state index in [1.807, 2.05) is 11.3 Å². The molecule has 0 bridgehead atoms. The fourth-order valence-corrected chi connectivity index (χ4v) is 8.84. The van der Waals surface area contributed by atoms with E-state index in [4.69, 9.17) is 0 Å². The molecule has 1 nitrogen and oxygen atoms in total. The number of thiophene rings is 1. The normalized spacial score (nSPS) is 11.5. The zero-order chi connectivity index (χ0) is 34.4. The molecule has 0 saturated heterocycles. The molecule has 0 fully saturated rings. The number of rotatable bonds is 6. The summed E-state index contributed by atoms with van der Waals surface area (Å²) in [6.45, 7) is 0. The van der Waals surface area contributed by atoms with Crippen molar-refractivity contribution < 1.29 is 0 Å². The van der Waals surface area contributed by atoms with Crippen LogP contribution in [0.15, 0.2) is 200 Å². The van der Waals surface area contributed by atoms with Crippen LogP contribution in [0.4, 0.5) is 17.1 Å². The van der Waals surface area contributed by atoms with Crippen molar-refractivity contribution in [1.29, 1.82) is 0 Å². The van der Waals surface area contributed by atoms with E-state index in [9.17, 15) is 0 Å². The molecule has 244 valence electrons. The third-order valence-corrected chi connectivity index (χ3v) is 11.4. The molecular weight excluding hydrogens is 647 g/mol. The van der Waals surface area contributed by atoms with Crippen LogP contribution >= 0.6 is 11.3 Å². The first kappa shape index (κ1) is 30.4. The fraction of sp³-hybridized carbons (Fsp3) is 0. The van der Waals surface area contributed by atoms with E-state index in [0.29, 0.717) is 0 Å². The minimum Gasteiger partial charge on any atom is -0.310 e. The van der Waals surface area contributed by atoms with Gasteiger partial charge in [0.05, 0.1) is 5.69 Å². The molecule has 0 unspecified atom stereocenters. The van der Waals surface area contributed by atoms with Crippen LogP contribution in [0.25, 0.3) is 75.1 Å². The van der Waals surface area contributed by atoms with Crippen molar-refractivity contribution in [2.75, 3.05) is 4.90 Å². The summed E-state index contributed by atoms with van der Waals surface area (Å²) < 4.78 is 2.62. The Kier molecular flexibility index (Phi) is 7.41. The van der Waals surface area contributed by atoms with Crippen molar-refractivity contribution in [3.8, 4) is 33.4 Å². The number of hydrogen-bond donors (Lipinski definition) is 0. The molecule has 9 aromatic carbocycles. The summed E-state index contributed by atoms with van der Waals surface area (Å²) in [5.41, 5.74) is 10.6. The van der Waals surface area contributed by atoms with Crippen LogP contribution in [0.5, 0.6) is 0 Å². The number of nitrogens with zero attached hydrogens (tertiary/aromatic N) is 1. The van der Waals surface area contributed by atoms with E-state index in [0.717, 1.165) is 17.1 Å². The Morgan fingerprint density at radius 2 is 0.942 bits per heavy atom. The van der Waals surface area contributed by atoms with E-state index in [1.54, 1.807) is 0 Å². The van der Waals surface area contributed by atoms with E-state index < -0.39 is 0 Å². The number of fused-ring (bicyclic) bond motifs is 5. The van der Waals surface area contributed by atoms with Crippen molar-refractivity contribution >= 4 is 70.1 Å². The first-order valence-electron chi connectivity index (χ1n) is 17.8. The third kappa shape index (κ3) is 5.33. The number of para-hydroxylation sites is 1. The Morgan fingerprint density at radius 3 is 1.85 bits per heavy atom. The molecule has 10 aromatic rings. The minimum atomic E-state index is 1.11. The highest BCUT2D eigenvalue weighted by Gasteiger charge is 2.19. The second-order valence-corrected chi connectivity index (χ2v) is 14.4. The highest BCUT2D eigenvalue weighted by Crippen LogP contribution is 2.44. The molecule has 2 heteroatoms. The lowest BCUT2D eigenvalue weighted by Gasteiger charge is -2.28. The Balaban J connectivity index is 1.13. The smallest absolute Gasteiger partial charge is 0.0540 e. The topological polar surface area (TPSA) is 3.24 Å². The van der Waals surface area contributed by atoms with Crippen molar-refractivity contribution in [2.45, 2.75) is 0 Å². The molecule has 52 heavy (non-hydrogen) atoms. The lowest BCUT2D eigenvalue weighted by Crippen LogP contribution is -2.11. The maximum Gasteiger partial charge on any atom is 0.0540 e. The van der Waals surface area contributed by atoms with Gasteiger partial charge in [0.1, 0.15) is 0 Å². The predicted molar refractivity (Wildman–Crippen MR) is 225 cm³/mol. The monoisotopic (exact) mass is 679 g/mol. The Labute approximate surface area is 307 Å². The van der Waals surface area contributed by atoms with Gasteiger partial charge in [0.2, 0.25) is 0 Å². The van der Waals surface area contributed by atoms with Crippen molar-refractivity contribution in [1.82, 2.24) is 0 Å². The summed E-state index contributed by atoms with van der Waals surface area (Å²) in [4.78, 5) is 2.42. The molecule has 1 aromatic heterocycles. The predicted octanol–water partition coefficient (Wildman–Crippen LogP) is 14.8. The standard InChI is InChI=1S/C50H33NS/c1-2-13-37-31-39(24-23-34(37)11-1)38-15-9-16-42(32-38)51(41-28-25-36(26-29-41)44-20-10-14-35-12-3-4-17-43(35)44)48-21-7-5-18-45(48)40-27-30-47-46-19-6-8-22-49(46)52-50(47)33-40/h1-33H. The van der Waals surface area contributed by atoms with Gasteiger partial charge in [-0.1, -0.05) is 152 Å². The van der Waals surface area contributed by atoms with Gasteiger partial charge in [0, 0.05) is 37.1 Å². The molecule has 1 heterocycles. The van der Waals surface area contributed by atoms with Gasteiger partial charge in [0.15, 0.2) is 0 Å². The quantitative estimate of drug-likeness (QED) is 0.169. The molecule has 0 atom stereocenters. The van der Waals surface area contributed by atoms with Gasteiger partial charge < -0.3 is 4.90 Å². The molecule has 0 radical (unpaired) electrons. The maximum atomic E-state index is 2.42. The second-order valence-electron chi connectivity index (χ2n) is 13.3. The van der Waals surface area contributed by atoms with E-state index >= 15 is 0 Å². The van der Waals surface area contributed by atoms with Gasteiger partial charge in [-0.2, -0.15) is 0 Å². The molecule has 0 spiro atoms. The summed E-state index contributed by atoms with van der Waals surface area (Å²) in [6.07, 6.45) is 0. The molecule has 0 aliphatic rings. The third-order valence-electron chi connectivity index (χ3n) is 10.2. The summed E-state index contributed by atoms with van der Waals surface area (Å²) in [5, 5.41) is 7.64. The second kappa shape index (κ2) is 12.7. The summed E-state index contributed by atoms with van der Waals surface area (Å²) in [6, 6.07) is 73.0. The average molecular weight is 680 g/mol. The van der Waals surface area contributed by atoms with E-state index in [2.05, 4.69) is 205 Å². The number of hydrogen-bond acceptors (Lipinski definition) is 2. The molecule has 0 aliphatic carbocycles. The first-order chi connectivity index (χ1) is 25.8. The van der Waals surface area contributed by atoms with Crippen LogP contribution in [0, 0.1) is 0 Å². The van der Waals surface area contributed by atoms with Crippen molar-refractivity contribution in [3.63, 3.8) is 0 Å². The van der Waals surface area contributed by atoms with Crippen LogP contribution in [0.3, 0.4) is 0 Å². The maximum absolute atomic E-state index is 2.42. The fourth-order valence-electron chi connectivity index (χ4n) is 7.69. The molecule has 0 amide bonds. The van der Waals surface area contributed by atoms with Crippen LogP contribution in [0.1, 0.15) is 0 Å². The summed E-state index contributed by atoms with van der Waals surface area (Å²) in [5.74, 6) is 0. The molecule has 0 saturated carbocycles. The van der Waals surface area contributed by atoms with Crippen LogP contribution in [-0.4, -0.2) is 0 Å². The highest BCUT2D eigenvalue weighted by molar-refractivity contribution is 7.25. The molecule has 0 N–H and O–H groups in total. The van der Waals surface area contributed by atoms with E-state index in [-0.39, 0.29) is 0 Å². The van der Waals surface area contributed by atoms with Gasteiger partial charge in [-0.15, -0.1) is 11.3 Å². The minimum absolute atomic E-state index is 1.11. The number of benzene rings is 9. The average Bonchev–Trinajstić information content (AvgIpc) is 3.59. The van der Waals surface area contributed by atoms with Crippen molar-refractivity contribution in [2.24, 2.45) is 0 Å². The Bertz CT molecular complexity index is 2910. The van der Waals surface area contributed by atoms with E-state index in [1.165, 1.54) is 75.1 Å². The highest BCUT2D eigenvalue weighted by atomic mass is 32.1. The molecule has 10 rings (SSSR count). The SMILES string of the molecule is c1cc(-c2ccc3ccccc3c2)cc(N(c2ccc(-c3cccc4ccccc34)cc2)c2ccccc2-c2ccc3c(c2)sc2ccccc23)c1.